The van der Waals surface area contributed by atoms with E-state index in [9.17, 15) is 4.39 Å². The van der Waals surface area contributed by atoms with Gasteiger partial charge in [0.15, 0.2) is 0 Å². The van der Waals surface area contributed by atoms with Crippen LogP contribution in [0.4, 0.5) is 10.2 Å². The second-order valence-corrected chi connectivity index (χ2v) is 6.41. The van der Waals surface area contributed by atoms with Crippen LogP contribution in [0.15, 0.2) is 35.1 Å². The molecular weight excluding hydrogens is 363 g/mol. The lowest BCUT2D eigenvalue weighted by atomic mass is 10.2. The van der Waals surface area contributed by atoms with Gasteiger partial charge in [0.1, 0.15) is 18.0 Å². The minimum atomic E-state index is -0.229. The van der Waals surface area contributed by atoms with Gasteiger partial charge >= 0.3 is 0 Å². The van der Waals surface area contributed by atoms with Crippen molar-refractivity contribution in [3.63, 3.8) is 0 Å². The van der Waals surface area contributed by atoms with Gasteiger partial charge in [0.25, 0.3) is 0 Å². The van der Waals surface area contributed by atoms with Crippen LogP contribution >= 0.6 is 15.9 Å². The van der Waals surface area contributed by atoms with E-state index in [4.69, 9.17) is 4.74 Å². The smallest absolute Gasteiger partial charge is 0.218 e. The predicted octanol–water partition coefficient (Wildman–Crippen LogP) is 3.07. The third-order valence-electron chi connectivity index (χ3n) is 3.87. The van der Waals surface area contributed by atoms with Crippen LogP contribution in [0.1, 0.15) is 12.0 Å². The fourth-order valence-electron chi connectivity index (χ4n) is 2.73. The molecule has 1 unspecified atom stereocenters. The summed E-state index contributed by atoms with van der Waals surface area (Å²) < 4.78 is 18.9. The summed E-state index contributed by atoms with van der Waals surface area (Å²) in [5.41, 5.74) is 1.10. The summed E-state index contributed by atoms with van der Waals surface area (Å²) in [6.07, 6.45) is 2.53. The molecule has 0 aliphatic carbocycles. The van der Waals surface area contributed by atoms with Gasteiger partial charge in [-0.05, 0) is 40.0 Å². The van der Waals surface area contributed by atoms with Crippen molar-refractivity contribution in [2.24, 2.45) is 0 Å². The van der Waals surface area contributed by atoms with Crippen molar-refractivity contribution >= 4 is 21.7 Å². The molecule has 1 atom stereocenters. The minimum Gasteiger partial charge on any atom is -0.481 e. The first-order valence-corrected chi connectivity index (χ1v) is 8.22. The quantitative estimate of drug-likeness (QED) is 0.863. The zero-order chi connectivity index (χ0) is 16.2. The first kappa shape index (κ1) is 16.1. The molecular formula is C16H18BrFN4O. The lowest BCUT2D eigenvalue weighted by molar-refractivity contribution is 0.328. The molecule has 1 aliphatic rings. The van der Waals surface area contributed by atoms with E-state index in [2.05, 4.69) is 36.1 Å². The number of nitrogens with one attached hydrogen (secondary N) is 1. The highest BCUT2D eigenvalue weighted by atomic mass is 79.9. The van der Waals surface area contributed by atoms with Crippen molar-refractivity contribution in [1.29, 1.82) is 0 Å². The van der Waals surface area contributed by atoms with E-state index in [0.717, 1.165) is 37.4 Å². The number of rotatable bonds is 5. The molecule has 122 valence electrons. The standard InChI is InChI=1S/C16H18BrFN4O/c1-23-16-7-15(19-10-20-16)21-12-4-5-22(9-12)8-11-2-3-14(18)13(17)6-11/h2-3,6-7,10,12H,4-5,8-9H2,1H3,(H,19,20,21). The average Bonchev–Trinajstić information content (AvgIpc) is 2.98. The average molecular weight is 381 g/mol. The number of aromatic nitrogens is 2. The number of nitrogens with zero attached hydrogens (tertiary/aromatic N) is 3. The van der Waals surface area contributed by atoms with Gasteiger partial charge < -0.3 is 10.1 Å². The van der Waals surface area contributed by atoms with Crippen molar-refractivity contribution in [3.8, 4) is 5.88 Å². The maximum absolute atomic E-state index is 13.3. The Hall–Kier alpha value is -1.73. The molecule has 0 amide bonds. The monoisotopic (exact) mass is 380 g/mol. The number of ether oxygens (including phenoxy) is 1. The SMILES string of the molecule is COc1cc(NC2CCN(Cc3ccc(F)c(Br)c3)C2)ncn1. The molecule has 2 aromatic rings. The summed E-state index contributed by atoms with van der Waals surface area (Å²) in [5.74, 6) is 1.09. The number of halogens is 2. The van der Waals surface area contributed by atoms with E-state index >= 15 is 0 Å². The fourth-order valence-corrected chi connectivity index (χ4v) is 3.16. The van der Waals surface area contributed by atoms with Crippen LogP contribution in [0.3, 0.4) is 0 Å². The van der Waals surface area contributed by atoms with Crippen LogP contribution in [0.5, 0.6) is 5.88 Å². The van der Waals surface area contributed by atoms with Gasteiger partial charge in [0.2, 0.25) is 5.88 Å². The molecule has 0 radical (unpaired) electrons. The third kappa shape index (κ3) is 4.17. The molecule has 1 aromatic heterocycles. The lowest BCUT2D eigenvalue weighted by Gasteiger charge is -2.17. The van der Waals surface area contributed by atoms with Crippen LogP contribution < -0.4 is 10.1 Å². The van der Waals surface area contributed by atoms with Crippen molar-refractivity contribution in [2.45, 2.75) is 19.0 Å². The van der Waals surface area contributed by atoms with Gasteiger partial charge in [-0.25, -0.2) is 14.4 Å². The summed E-state index contributed by atoms with van der Waals surface area (Å²) >= 11 is 3.23. The van der Waals surface area contributed by atoms with E-state index in [0.29, 0.717) is 16.4 Å². The van der Waals surface area contributed by atoms with Crippen molar-refractivity contribution in [3.05, 3.63) is 46.4 Å². The first-order valence-electron chi connectivity index (χ1n) is 7.43. The molecule has 1 aliphatic heterocycles. The minimum absolute atomic E-state index is 0.229. The van der Waals surface area contributed by atoms with Crippen molar-refractivity contribution in [1.82, 2.24) is 14.9 Å². The first-order chi connectivity index (χ1) is 11.1. The highest BCUT2D eigenvalue weighted by molar-refractivity contribution is 9.10. The van der Waals surface area contributed by atoms with Gasteiger partial charge in [-0.2, -0.15) is 0 Å². The molecule has 0 saturated carbocycles. The Balaban J connectivity index is 1.56. The molecule has 1 aromatic carbocycles. The molecule has 3 rings (SSSR count). The summed E-state index contributed by atoms with van der Waals surface area (Å²) in [5, 5.41) is 3.41. The number of hydrogen-bond acceptors (Lipinski definition) is 5. The van der Waals surface area contributed by atoms with Crippen LogP contribution in [0.25, 0.3) is 0 Å². The number of likely N-dealkylation sites (tertiary alicyclic amines) is 1. The number of hydrogen-bond donors (Lipinski definition) is 1. The van der Waals surface area contributed by atoms with Gasteiger partial charge in [-0.3, -0.25) is 4.90 Å². The van der Waals surface area contributed by atoms with E-state index in [1.54, 1.807) is 13.2 Å². The molecule has 5 nitrogen and oxygen atoms in total. The lowest BCUT2D eigenvalue weighted by Crippen LogP contribution is -2.26. The summed E-state index contributed by atoms with van der Waals surface area (Å²) in [6, 6.07) is 7.29. The zero-order valence-corrected chi connectivity index (χ0v) is 14.4. The maximum atomic E-state index is 13.3. The molecule has 1 fully saturated rings. The van der Waals surface area contributed by atoms with Crippen LogP contribution in [-0.2, 0) is 6.54 Å². The third-order valence-corrected chi connectivity index (χ3v) is 4.47. The molecule has 7 heteroatoms. The Morgan fingerprint density at radius 2 is 2.26 bits per heavy atom. The normalized spacial score (nSPS) is 18.1. The topological polar surface area (TPSA) is 50.3 Å². The summed E-state index contributed by atoms with van der Waals surface area (Å²) in [4.78, 5) is 10.6. The highest BCUT2D eigenvalue weighted by Crippen LogP contribution is 2.21. The number of methoxy groups -OCH3 is 1. The van der Waals surface area contributed by atoms with E-state index in [1.807, 2.05) is 12.1 Å². The van der Waals surface area contributed by atoms with Crippen molar-refractivity contribution < 1.29 is 9.13 Å². The van der Waals surface area contributed by atoms with E-state index in [-0.39, 0.29) is 5.82 Å². The molecule has 1 saturated heterocycles. The van der Waals surface area contributed by atoms with Crippen molar-refractivity contribution in [2.75, 3.05) is 25.5 Å². The van der Waals surface area contributed by atoms with Gasteiger partial charge in [0, 0.05) is 31.7 Å². The predicted molar refractivity (Wildman–Crippen MR) is 90.0 cm³/mol. The Labute approximate surface area is 143 Å². The van der Waals surface area contributed by atoms with E-state index < -0.39 is 0 Å². The second-order valence-electron chi connectivity index (χ2n) is 5.56. The summed E-state index contributed by atoms with van der Waals surface area (Å²) in [6.45, 7) is 2.72. The largest absolute Gasteiger partial charge is 0.481 e. The highest BCUT2D eigenvalue weighted by Gasteiger charge is 2.23. The van der Waals surface area contributed by atoms with E-state index in [1.165, 1.54) is 12.4 Å². The molecule has 2 heterocycles. The Bertz CT molecular complexity index is 685. The molecule has 23 heavy (non-hydrogen) atoms. The van der Waals surface area contributed by atoms with Gasteiger partial charge in [-0.15, -0.1) is 0 Å². The van der Waals surface area contributed by atoms with Crippen LogP contribution in [-0.4, -0.2) is 41.1 Å². The van der Waals surface area contributed by atoms with Gasteiger partial charge in [0.05, 0.1) is 11.6 Å². The molecule has 0 bridgehead atoms. The van der Waals surface area contributed by atoms with Gasteiger partial charge in [-0.1, -0.05) is 6.07 Å². The number of anilines is 1. The fraction of sp³-hybridized carbons (Fsp3) is 0.375. The number of benzene rings is 1. The van der Waals surface area contributed by atoms with Crippen LogP contribution in [0, 0.1) is 5.82 Å². The summed E-state index contributed by atoms with van der Waals surface area (Å²) in [7, 11) is 1.59. The zero-order valence-electron chi connectivity index (χ0n) is 12.8. The second kappa shape index (κ2) is 7.23. The Morgan fingerprint density at radius 3 is 3.04 bits per heavy atom. The maximum Gasteiger partial charge on any atom is 0.218 e. The van der Waals surface area contributed by atoms with Crippen LogP contribution in [0.2, 0.25) is 0 Å². The molecule has 0 spiro atoms. The Morgan fingerprint density at radius 1 is 1.39 bits per heavy atom. The Kier molecular flexibility index (Phi) is 5.07. The molecule has 1 N–H and O–H groups in total.